The van der Waals surface area contributed by atoms with Crippen LogP contribution in [0.3, 0.4) is 0 Å². The summed E-state index contributed by atoms with van der Waals surface area (Å²) < 4.78 is 26.0. The van der Waals surface area contributed by atoms with Gasteiger partial charge in [-0.1, -0.05) is 11.6 Å². The maximum absolute atomic E-state index is 15.4. The van der Waals surface area contributed by atoms with Crippen LogP contribution in [0.4, 0.5) is 25.4 Å². The first kappa shape index (κ1) is 28.6. The van der Waals surface area contributed by atoms with Crippen molar-refractivity contribution in [1.29, 1.82) is 0 Å². The zero-order valence-corrected chi connectivity index (χ0v) is 23.2. The topological polar surface area (TPSA) is 112 Å². The van der Waals surface area contributed by atoms with Gasteiger partial charge in [-0.3, -0.25) is 10.2 Å². The van der Waals surface area contributed by atoms with Crippen LogP contribution in [0.2, 0.25) is 5.02 Å². The van der Waals surface area contributed by atoms with Gasteiger partial charge < -0.3 is 24.6 Å². The van der Waals surface area contributed by atoms with E-state index in [1.807, 2.05) is 0 Å². The lowest BCUT2D eigenvalue weighted by atomic mass is 10.1. The van der Waals surface area contributed by atoms with Gasteiger partial charge in [-0.2, -0.15) is 0 Å². The molecule has 1 saturated heterocycles. The largest absolute Gasteiger partial charge is 0.444 e. The Morgan fingerprint density at radius 2 is 1.68 bits per heavy atom. The van der Waals surface area contributed by atoms with E-state index in [4.69, 9.17) is 21.1 Å². The third kappa shape index (κ3) is 7.77. The van der Waals surface area contributed by atoms with E-state index >= 15 is 4.39 Å². The molecule has 0 unspecified atom stereocenters. The summed E-state index contributed by atoms with van der Waals surface area (Å²) in [7, 11) is 1.66. The molecule has 2 aliphatic rings. The van der Waals surface area contributed by atoms with Gasteiger partial charge in [-0.05, 0) is 66.9 Å². The molecule has 1 aliphatic carbocycles. The van der Waals surface area contributed by atoms with Crippen molar-refractivity contribution in [2.24, 2.45) is 0 Å². The number of carbonyl (C=O) groups excluding carboxylic acids is 3. The van der Waals surface area contributed by atoms with Gasteiger partial charge in [0.1, 0.15) is 17.0 Å². The zero-order valence-electron chi connectivity index (χ0n) is 22.5. The van der Waals surface area contributed by atoms with E-state index in [0.717, 1.165) is 18.9 Å². The lowest BCUT2D eigenvalue weighted by molar-refractivity contribution is 0.0237. The number of nitrogens with zero attached hydrogens (tertiary/aromatic N) is 2. The van der Waals surface area contributed by atoms with E-state index in [1.54, 1.807) is 53.5 Å². The van der Waals surface area contributed by atoms with Crippen LogP contribution < -0.4 is 21.1 Å². The van der Waals surface area contributed by atoms with Crippen molar-refractivity contribution in [3.8, 4) is 0 Å². The molecule has 37 heavy (non-hydrogen) atoms. The van der Waals surface area contributed by atoms with E-state index in [-0.39, 0.29) is 34.0 Å². The lowest BCUT2D eigenvalue weighted by Crippen LogP contribution is -2.44. The molecule has 12 heteroatoms. The number of nitrogens with one attached hydrogen (secondary N) is 3. The molecule has 1 atom stereocenters. The Kier molecular flexibility index (Phi) is 8.36. The van der Waals surface area contributed by atoms with Gasteiger partial charge in [-0.25, -0.2) is 19.4 Å². The fraction of sp³-hybridized carbons (Fsp3) is 0.640. The standard InChI is InChI=1S/C25H37ClFN5O5/c1-24(2,3)36-22(34)30-29-21(33)16-12-17(27)20(18(26)19(16)28-14-8-9-14)32-11-10-15(13-32)31(7)23(35)37-25(4,5)6/h12,14-15,28H,8-11,13H2,1-7H3,(H,29,33)(H,30,34)/t15-/m0/s1. The Labute approximate surface area is 222 Å². The minimum atomic E-state index is -0.849. The Morgan fingerprint density at radius 1 is 1.05 bits per heavy atom. The Balaban J connectivity index is 1.79. The van der Waals surface area contributed by atoms with E-state index < -0.39 is 35.1 Å². The summed E-state index contributed by atoms with van der Waals surface area (Å²) in [5.74, 6) is -1.43. The predicted octanol–water partition coefficient (Wildman–Crippen LogP) is 4.67. The Hall–Kier alpha value is -2.95. The fourth-order valence-corrected chi connectivity index (χ4v) is 4.24. The molecule has 0 spiro atoms. The smallest absolute Gasteiger partial charge is 0.426 e. The van der Waals surface area contributed by atoms with Crippen molar-refractivity contribution >= 4 is 41.1 Å². The molecule has 10 nitrogen and oxygen atoms in total. The van der Waals surface area contributed by atoms with E-state index in [2.05, 4.69) is 16.2 Å². The highest BCUT2D eigenvalue weighted by molar-refractivity contribution is 6.37. The van der Waals surface area contributed by atoms with Crippen LogP contribution in [0.1, 0.15) is 71.2 Å². The van der Waals surface area contributed by atoms with Crippen LogP contribution in [0.15, 0.2) is 6.07 Å². The Morgan fingerprint density at radius 3 is 2.24 bits per heavy atom. The van der Waals surface area contributed by atoms with E-state index in [9.17, 15) is 14.4 Å². The SMILES string of the molecule is CN(C(=O)OC(C)(C)C)[C@H]1CCN(c2c(F)cc(C(=O)NNC(=O)OC(C)(C)C)c(NC3CC3)c2Cl)C1. The third-order valence-electron chi connectivity index (χ3n) is 5.75. The van der Waals surface area contributed by atoms with Gasteiger partial charge in [0.15, 0.2) is 0 Å². The number of hydrogen-bond donors (Lipinski definition) is 3. The lowest BCUT2D eigenvalue weighted by Gasteiger charge is -2.29. The second-order valence-electron chi connectivity index (χ2n) is 11.4. The van der Waals surface area contributed by atoms with Crippen LogP contribution >= 0.6 is 11.6 Å². The number of hydrogen-bond acceptors (Lipinski definition) is 7. The number of halogens is 2. The van der Waals surface area contributed by atoms with Gasteiger partial charge in [0.2, 0.25) is 0 Å². The van der Waals surface area contributed by atoms with Gasteiger partial charge in [0, 0.05) is 26.2 Å². The number of ether oxygens (including phenoxy) is 2. The minimum absolute atomic E-state index is 0.0455. The normalized spacial score (nSPS) is 17.8. The average Bonchev–Trinajstić information content (AvgIpc) is 3.45. The number of likely N-dealkylation sites (N-methyl/N-ethyl adjacent to an activating group) is 1. The summed E-state index contributed by atoms with van der Waals surface area (Å²) in [4.78, 5) is 40.6. The molecule has 1 aliphatic heterocycles. The first-order valence-electron chi connectivity index (χ1n) is 12.3. The van der Waals surface area contributed by atoms with Crippen molar-refractivity contribution < 1.29 is 28.2 Å². The van der Waals surface area contributed by atoms with Crippen molar-refractivity contribution in [1.82, 2.24) is 15.8 Å². The molecule has 0 aromatic heterocycles. The molecule has 0 radical (unpaired) electrons. The minimum Gasteiger partial charge on any atom is -0.444 e. The van der Waals surface area contributed by atoms with Crippen LogP contribution in [0, 0.1) is 5.82 Å². The highest BCUT2D eigenvalue weighted by Crippen LogP contribution is 2.42. The highest BCUT2D eigenvalue weighted by Gasteiger charge is 2.35. The molecule has 2 fully saturated rings. The molecule has 3 rings (SSSR count). The molecule has 1 aromatic carbocycles. The summed E-state index contributed by atoms with van der Waals surface area (Å²) in [5, 5.41) is 3.28. The maximum Gasteiger partial charge on any atom is 0.426 e. The molecule has 3 amide bonds. The van der Waals surface area contributed by atoms with E-state index in [0.29, 0.717) is 19.5 Å². The van der Waals surface area contributed by atoms with Gasteiger partial charge in [-0.15, -0.1) is 0 Å². The molecule has 1 heterocycles. The number of rotatable bonds is 5. The summed E-state index contributed by atoms with van der Waals surface area (Å²) in [5.41, 5.74) is 3.44. The molecule has 206 valence electrons. The number of amides is 3. The number of carbonyl (C=O) groups is 3. The molecule has 3 N–H and O–H groups in total. The molecule has 1 saturated carbocycles. The van der Waals surface area contributed by atoms with Crippen LogP contribution in [0.25, 0.3) is 0 Å². The molecular formula is C25H37ClFN5O5. The van der Waals surface area contributed by atoms with Crippen molar-refractivity contribution in [3.63, 3.8) is 0 Å². The summed E-state index contributed by atoms with van der Waals surface area (Å²) in [6.07, 6.45) is 1.09. The first-order chi connectivity index (χ1) is 17.1. The molecule has 0 bridgehead atoms. The van der Waals surface area contributed by atoms with Crippen LogP contribution in [-0.4, -0.2) is 66.4 Å². The van der Waals surface area contributed by atoms with Crippen molar-refractivity contribution in [2.45, 2.75) is 84.1 Å². The quantitative estimate of drug-likeness (QED) is 0.464. The second kappa shape index (κ2) is 10.8. The van der Waals surface area contributed by atoms with Crippen LogP contribution in [0.5, 0.6) is 0 Å². The van der Waals surface area contributed by atoms with Gasteiger partial charge in [0.05, 0.1) is 28.0 Å². The van der Waals surface area contributed by atoms with Gasteiger partial charge >= 0.3 is 12.2 Å². The highest BCUT2D eigenvalue weighted by atomic mass is 35.5. The number of anilines is 2. The Bertz CT molecular complexity index is 1050. The summed E-state index contributed by atoms with van der Waals surface area (Å²) >= 11 is 6.70. The summed E-state index contributed by atoms with van der Waals surface area (Å²) in [6.45, 7) is 11.3. The van der Waals surface area contributed by atoms with Crippen molar-refractivity contribution in [3.05, 3.63) is 22.5 Å². The maximum atomic E-state index is 15.4. The monoisotopic (exact) mass is 541 g/mol. The van der Waals surface area contributed by atoms with E-state index in [1.165, 1.54) is 4.90 Å². The third-order valence-corrected chi connectivity index (χ3v) is 6.12. The van der Waals surface area contributed by atoms with Crippen LogP contribution in [-0.2, 0) is 9.47 Å². The number of benzene rings is 1. The molecule has 1 aromatic rings. The number of hydrazine groups is 1. The molecular weight excluding hydrogens is 505 g/mol. The average molecular weight is 542 g/mol. The first-order valence-corrected chi connectivity index (χ1v) is 12.7. The van der Waals surface area contributed by atoms with Gasteiger partial charge in [0.25, 0.3) is 5.91 Å². The predicted molar refractivity (Wildman–Crippen MR) is 140 cm³/mol. The van der Waals surface area contributed by atoms with Crippen molar-refractivity contribution in [2.75, 3.05) is 30.4 Å². The second-order valence-corrected chi connectivity index (χ2v) is 11.8. The summed E-state index contributed by atoms with van der Waals surface area (Å²) in [6, 6.07) is 1.01. The zero-order chi connectivity index (χ0) is 27.7. The fourth-order valence-electron chi connectivity index (χ4n) is 3.87.